The Kier molecular flexibility index (Phi) is 6.21. The Morgan fingerprint density at radius 3 is 2.34 bits per heavy atom. The van der Waals surface area contributed by atoms with Gasteiger partial charge in [-0.05, 0) is 140 Å². The first-order valence-corrected chi connectivity index (χ1v) is 15.6. The zero-order valence-electron chi connectivity index (χ0n) is 25.0. The summed E-state index contributed by atoms with van der Waals surface area (Å²) in [4.78, 5) is 8.56. The van der Waals surface area contributed by atoms with Crippen molar-refractivity contribution in [3.63, 3.8) is 0 Å². The number of hydrogen-bond acceptors (Lipinski definition) is 3. The fourth-order valence-corrected chi connectivity index (χ4v) is 10.9. The van der Waals surface area contributed by atoms with E-state index in [1.165, 1.54) is 36.8 Å². The molecule has 4 fully saturated rings. The van der Waals surface area contributed by atoms with Gasteiger partial charge >= 0.3 is 0 Å². The second-order valence-electron chi connectivity index (χ2n) is 15.4. The van der Waals surface area contributed by atoms with Crippen molar-refractivity contribution in [3.8, 4) is 0 Å². The van der Waals surface area contributed by atoms with Crippen LogP contribution in [0.4, 0.5) is 0 Å². The van der Waals surface area contributed by atoms with Gasteiger partial charge < -0.3 is 15.2 Å². The topological polar surface area (TPSA) is 69.1 Å². The van der Waals surface area contributed by atoms with E-state index in [-0.39, 0.29) is 33.9 Å². The average Bonchev–Trinajstić information content (AvgIpc) is 3.37. The Morgan fingerprint density at radius 1 is 0.921 bits per heavy atom. The second kappa shape index (κ2) is 8.80. The SMILES string of the molecule is Cc1cc2nc(CCC(C)[C@@]3(C)CCC4[C@H]5C(CC[C@@]43C)[C@@]3(C)CC[C@@H](O)C[C@@]3(C)C[C@H]5O)[nH]c2cc1C. The smallest absolute Gasteiger partial charge is 0.107 e. The molecule has 0 aliphatic heterocycles. The number of benzene rings is 1. The van der Waals surface area contributed by atoms with Crippen LogP contribution in [0.25, 0.3) is 11.0 Å². The van der Waals surface area contributed by atoms with Gasteiger partial charge in [0.25, 0.3) is 0 Å². The van der Waals surface area contributed by atoms with Gasteiger partial charge in [-0.1, -0.05) is 34.6 Å². The van der Waals surface area contributed by atoms with E-state index in [0.717, 1.165) is 55.4 Å². The Hall–Kier alpha value is -1.39. The molecule has 38 heavy (non-hydrogen) atoms. The van der Waals surface area contributed by atoms with E-state index in [4.69, 9.17) is 4.98 Å². The van der Waals surface area contributed by atoms with Gasteiger partial charge in [0.15, 0.2) is 0 Å². The molecule has 4 heteroatoms. The number of nitrogens with one attached hydrogen (secondary N) is 1. The molecule has 3 N–H and O–H groups in total. The number of aliphatic hydroxyl groups excluding tert-OH is 2. The summed E-state index contributed by atoms with van der Waals surface area (Å²) in [5.74, 6) is 3.34. The third-order valence-corrected chi connectivity index (χ3v) is 14.0. The van der Waals surface area contributed by atoms with E-state index in [2.05, 4.69) is 65.6 Å². The van der Waals surface area contributed by atoms with Crippen molar-refractivity contribution >= 4 is 11.0 Å². The van der Waals surface area contributed by atoms with E-state index in [0.29, 0.717) is 23.7 Å². The van der Waals surface area contributed by atoms with Crippen LogP contribution in [0, 0.1) is 59.2 Å². The van der Waals surface area contributed by atoms with Crippen LogP contribution in [0.1, 0.15) is 109 Å². The summed E-state index contributed by atoms with van der Waals surface area (Å²) in [7, 11) is 0. The lowest BCUT2D eigenvalue weighted by molar-refractivity contribution is -0.215. The van der Waals surface area contributed by atoms with Gasteiger partial charge in [0.1, 0.15) is 5.82 Å². The molecule has 4 aliphatic rings. The maximum absolute atomic E-state index is 11.7. The number of nitrogens with zero attached hydrogens (tertiary/aromatic N) is 1. The van der Waals surface area contributed by atoms with Crippen molar-refractivity contribution in [1.82, 2.24) is 9.97 Å². The van der Waals surface area contributed by atoms with Crippen LogP contribution >= 0.6 is 0 Å². The number of aryl methyl sites for hydroxylation is 3. The molecule has 4 aliphatic carbocycles. The predicted octanol–water partition coefficient (Wildman–Crippen LogP) is 7.52. The Balaban J connectivity index is 1.22. The molecule has 1 aromatic carbocycles. The third-order valence-electron chi connectivity index (χ3n) is 14.0. The van der Waals surface area contributed by atoms with E-state index in [1.54, 1.807) is 0 Å². The summed E-state index contributed by atoms with van der Waals surface area (Å²) in [6.07, 6.45) is 10.6. The molecule has 0 radical (unpaired) electrons. The monoisotopic (exact) mass is 520 g/mol. The molecule has 0 bridgehead atoms. The molecule has 1 aromatic heterocycles. The normalized spacial score (nSPS) is 45.4. The van der Waals surface area contributed by atoms with Gasteiger partial charge in [0.2, 0.25) is 0 Å². The molecule has 0 amide bonds. The first-order chi connectivity index (χ1) is 17.8. The van der Waals surface area contributed by atoms with Crippen LogP contribution in [-0.4, -0.2) is 32.4 Å². The number of fused-ring (bicyclic) bond motifs is 6. The quantitative estimate of drug-likeness (QED) is 0.390. The fraction of sp³-hybridized carbons (Fsp3) is 0.794. The lowest BCUT2D eigenvalue weighted by Gasteiger charge is -2.67. The minimum atomic E-state index is -0.229. The van der Waals surface area contributed by atoms with Crippen molar-refractivity contribution in [1.29, 1.82) is 0 Å². The van der Waals surface area contributed by atoms with Gasteiger partial charge in [-0.2, -0.15) is 0 Å². The van der Waals surface area contributed by atoms with Crippen molar-refractivity contribution in [2.75, 3.05) is 0 Å². The van der Waals surface area contributed by atoms with Crippen LogP contribution in [0.2, 0.25) is 0 Å². The minimum absolute atomic E-state index is 0.0534. The Morgan fingerprint density at radius 2 is 1.58 bits per heavy atom. The van der Waals surface area contributed by atoms with E-state index < -0.39 is 0 Å². The molecule has 210 valence electrons. The van der Waals surface area contributed by atoms with Crippen molar-refractivity contribution in [2.45, 2.75) is 125 Å². The molecule has 0 saturated heterocycles. The fourth-order valence-electron chi connectivity index (χ4n) is 10.9. The summed E-state index contributed by atoms with van der Waals surface area (Å²) in [6.45, 7) is 16.9. The number of aromatic amines is 1. The molecule has 1 heterocycles. The van der Waals surface area contributed by atoms with Crippen molar-refractivity contribution in [2.24, 2.45) is 45.3 Å². The molecule has 4 saturated carbocycles. The van der Waals surface area contributed by atoms with Gasteiger partial charge in [-0.15, -0.1) is 0 Å². The second-order valence-corrected chi connectivity index (χ2v) is 15.4. The van der Waals surface area contributed by atoms with Crippen molar-refractivity contribution < 1.29 is 10.2 Å². The van der Waals surface area contributed by atoms with Crippen LogP contribution < -0.4 is 0 Å². The Labute approximate surface area is 230 Å². The third kappa shape index (κ3) is 3.64. The number of hydrogen-bond donors (Lipinski definition) is 3. The predicted molar refractivity (Wildman–Crippen MR) is 155 cm³/mol. The highest BCUT2D eigenvalue weighted by molar-refractivity contribution is 5.77. The first kappa shape index (κ1) is 26.8. The largest absolute Gasteiger partial charge is 0.393 e. The average molecular weight is 521 g/mol. The number of aromatic nitrogens is 2. The van der Waals surface area contributed by atoms with Gasteiger partial charge in [0, 0.05) is 6.42 Å². The lowest BCUT2D eigenvalue weighted by Crippen LogP contribution is -2.63. The molecule has 0 spiro atoms. The first-order valence-electron chi connectivity index (χ1n) is 15.6. The molecule has 3 unspecified atom stereocenters. The molecule has 10 atom stereocenters. The zero-order valence-corrected chi connectivity index (χ0v) is 25.0. The van der Waals surface area contributed by atoms with E-state index in [1.807, 2.05) is 0 Å². The highest BCUT2D eigenvalue weighted by Gasteiger charge is 2.68. The molecular weight excluding hydrogens is 468 g/mol. The summed E-state index contributed by atoms with van der Waals surface area (Å²) in [5.41, 5.74) is 5.72. The standard InChI is InChI=1S/C34H52N2O2/c1-20-16-26-27(17-21(20)2)36-29(35-26)9-8-22(3)32(5)14-11-25-30-24(12-15-34(25,32)7)33(6)13-10-23(37)18-31(33,4)19-28(30)38/h16-17,22-25,28,30,37-38H,8-15,18-19H2,1-7H3,(H,35,36)/t22?,23-,24?,25?,28-,30-,31+,32-,33-,34+/m1/s1. The number of imidazole rings is 1. The minimum Gasteiger partial charge on any atom is -0.393 e. The summed E-state index contributed by atoms with van der Waals surface area (Å²) >= 11 is 0. The molecular formula is C34H52N2O2. The van der Waals surface area contributed by atoms with Gasteiger partial charge in [-0.3, -0.25) is 0 Å². The van der Waals surface area contributed by atoms with Gasteiger partial charge in [0.05, 0.1) is 23.2 Å². The van der Waals surface area contributed by atoms with Crippen LogP contribution in [0.3, 0.4) is 0 Å². The van der Waals surface area contributed by atoms with Crippen LogP contribution in [-0.2, 0) is 6.42 Å². The molecule has 2 aromatic rings. The summed E-state index contributed by atoms with van der Waals surface area (Å²) in [5, 5.41) is 22.3. The summed E-state index contributed by atoms with van der Waals surface area (Å²) < 4.78 is 0. The highest BCUT2D eigenvalue weighted by Crippen LogP contribution is 2.73. The maximum Gasteiger partial charge on any atom is 0.107 e. The van der Waals surface area contributed by atoms with E-state index >= 15 is 0 Å². The maximum atomic E-state index is 11.7. The number of H-pyrrole nitrogens is 1. The highest BCUT2D eigenvalue weighted by atomic mass is 16.3. The molecule has 4 nitrogen and oxygen atoms in total. The van der Waals surface area contributed by atoms with Crippen molar-refractivity contribution in [3.05, 3.63) is 29.1 Å². The zero-order chi connectivity index (χ0) is 27.3. The van der Waals surface area contributed by atoms with Gasteiger partial charge in [-0.25, -0.2) is 4.98 Å². The number of aliphatic hydroxyl groups is 2. The van der Waals surface area contributed by atoms with E-state index in [9.17, 15) is 10.2 Å². The summed E-state index contributed by atoms with van der Waals surface area (Å²) in [6, 6.07) is 4.45. The van der Waals surface area contributed by atoms with Crippen LogP contribution in [0.5, 0.6) is 0 Å². The lowest BCUT2D eigenvalue weighted by atomic mass is 9.38. The Bertz CT molecular complexity index is 1180. The number of rotatable bonds is 4. The molecule has 6 rings (SSSR count). The van der Waals surface area contributed by atoms with Crippen LogP contribution in [0.15, 0.2) is 12.1 Å².